The number of halogens is 1. The summed E-state index contributed by atoms with van der Waals surface area (Å²) in [6.07, 6.45) is 9.95. The van der Waals surface area contributed by atoms with Crippen LogP contribution in [0.25, 0.3) is 10.9 Å². The molecule has 1 fully saturated rings. The number of nitrogens with one attached hydrogen (secondary N) is 3. The molecule has 0 radical (unpaired) electrons. The van der Waals surface area contributed by atoms with Gasteiger partial charge in [0.2, 0.25) is 11.9 Å². The van der Waals surface area contributed by atoms with E-state index in [4.69, 9.17) is 9.97 Å². The molecule has 8 nitrogen and oxygen atoms in total. The fourth-order valence-electron chi connectivity index (χ4n) is 6.54. The lowest BCUT2D eigenvalue weighted by Gasteiger charge is -2.31. The second-order valence-electron chi connectivity index (χ2n) is 12.1. The van der Waals surface area contributed by atoms with E-state index in [0.29, 0.717) is 11.5 Å². The van der Waals surface area contributed by atoms with Gasteiger partial charge in [0.15, 0.2) is 5.78 Å². The molecule has 0 aliphatic heterocycles. The highest BCUT2D eigenvalue weighted by Gasteiger charge is 2.30. The molecule has 1 saturated carbocycles. The molecule has 4 aromatic rings. The number of amides is 1. The van der Waals surface area contributed by atoms with Gasteiger partial charge in [-0.25, -0.2) is 4.98 Å². The first-order valence-electron chi connectivity index (χ1n) is 15.3. The number of rotatable bonds is 9. The fourth-order valence-corrected chi connectivity index (χ4v) is 6.80. The lowest BCUT2D eigenvalue weighted by atomic mass is 9.88. The van der Waals surface area contributed by atoms with Crippen molar-refractivity contribution in [1.82, 2.24) is 20.3 Å². The number of carbonyl (C=O) groups excluding carboxylic acids is 2. The Bertz CT molecular complexity index is 1610. The third-order valence-electron chi connectivity index (χ3n) is 8.86. The van der Waals surface area contributed by atoms with Gasteiger partial charge in [0, 0.05) is 65.3 Å². The molecule has 224 valence electrons. The van der Waals surface area contributed by atoms with Crippen LogP contribution in [0.2, 0.25) is 0 Å². The number of ketones is 1. The van der Waals surface area contributed by atoms with Crippen LogP contribution in [-0.4, -0.2) is 52.8 Å². The summed E-state index contributed by atoms with van der Waals surface area (Å²) < 4.78 is 0.913. The molecule has 2 aliphatic rings. The molecule has 2 aliphatic carbocycles. The zero-order valence-electron chi connectivity index (χ0n) is 24.8. The predicted molar refractivity (Wildman–Crippen MR) is 175 cm³/mol. The Balaban J connectivity index is 1.13. The van der Waals surface area contributed by atoms with Gasteiger partial charge in [-0.1, -0.05) is 46.3 Å². The summed E-state index contributed by atoms with van der Waals surface area (Å²) in [5, 5.41) is 7.88. The molecule has 43 heavy (non-hydrogen) atoms. The number of aromatic amines is 1. The van der Waals surface area contributed by atoms with Crippen LogP contribution in [0, 0.1) is 0 Å². The molecule has 6 rings (SSSR count). The number of carbonyl (C=O) groups is 2. The van der Waals surface area contributed by atoms with Crippen molar-refractivity contribution in [3.8, 4) is 0 Å². The number of para-hydroxylation sites is 1. The number of H-pyrrole nitrogens is 1. The molecule has 3 N–H and O–H groups in total. The second kappa shape index (κ2) is 12.9. The first-order valence-corrected chi connectivity index (χ1v) is 16.1. The Morgan fingerprint density at radius 1 is 0.977 bits per heavy atom. The number of benzene rings is 2. The topological polar surface area (TPSA) is 103 Å². The van der Waals surface area contributed by atoms with Gasteiger partial charge in [0.1, 0.15) is 5.82 Å². The van der Waals surface area contributed by atoms with E-state index >= 15 is 0 Å². The van der Waals surface area contributed by atoms with E-state index in [9.17, 15) is 9.59 Å². The highest BCUT2D eigenvalue weighted by molar-refractivity contribution is 9.10. The molecule has 2 aromatic carbocycles. The third-order valence-corrected chi connectivity index (χ3v) is 9.39. The van der Waals surface area contributed by atoms with Gasteiger partial charge in [-0.3, -0.25) is 9.59 Å². The molecule has 0 bridgehead atoms. The van der Waals surface area contributed by atoms with Crippen molar-refractivity contribution in [3.63, 3.8) is 0 Å². The maximum atomic E-state index is 13.9. The highest BCUT2D eigenvalue weighted by atomic mass is 79.9. The van der Waals surface area contributed by atoms with Crippen LogP contribution in [0.5, 0.6) is 0 Å². The van der Waals surface area contributed by atoms with Gasteiger partial charge in [-0.15, -0.1) is 0 Å². The van der Waals surface area contributed by atoms with Crippen LogP contribution in [0.15, 0.2) is 59.2 Å². The molecule has 2 aromatic heterocycles. The monoisotopic (exact) mass is 642 g/mol. The van der Waals surface area contributed by atoms with Crippen molar-refractivity contribution in [2.45, 2.75) is 75.8 Å². The number of aromatic nitrogens is 3. The minimum atomic E-state index is -0.587. The minimum Gasteiger partial charge on any atom is -0.362 e. The molecule has 1 unspecified atom stereocenters. The van der Waals surface area contributed by atoms with Crippen LogP contribution in [0.4, 0.5) is 11.8 Å². The number of Topliss-reactive ketones (excluding diaryl/α,β-unsaturated/α-hetero) is 1. The van der Waals surface area contributed by atoms with Crippen LogP contribution in [0.1, 0.15) is 78.0 Å². The quantitative estimate of drug-likeness (QED) is 0.179. The first kappa shape index (κ1) is 29.4. The SMILES string of the molecule is CN(C)c1nc(N[C@H]2CC[C@@H](NC(=O)C(CC(=O)c3ccc(Br)cc3)c3c[nH]c4ccccc34)CC2)nc2c1CCCC2. The van der Waals surface area contributed by atoms with Crippen molar-refractivity contribution in [1.29, 1.82) is 0 Å². The summed E-state index contributed by atoms with van der Waals surface area (Å²) in [5.41, 5.74) is 4.88. The number of nitrogens with zero attached hydrogens (tertiary/aromatic N) is 3. The van der Waals surface area contributed by atoms with E-state index in [1.807, 2.05) is 56.7 Å². The number of aryl methyl sites for hydroxylation is 1. The average molecular weight is 644 g/mol. The average Bonchev–Trinajstić information content (AvgIpc) is 3.44. The van der Waals surface area contributed by atoms with Gasteiger partial charge in [-0.2, -0.15) is 4.98 Å². The zero-order valence-corrected chi connectivity index (χ0v) is 26.4. The minimum absolute atomic E-state index is 0.0482. The zero-order chi connectivity index (χ0) is 29.9. The number of hydrogen-bond acceptors (Lipinski definition) is 6. The van der Waals surface area contributed by atoms with Crippen molar-refractivity contribution < 1.29 is 9.59 Å². The maximum absolute atomic E-state index is 13.9. The van der Waals surface area contributed by atoms with E-state index in [1.165, 1.54) is 24.1 Å². The molecular weight excluding hydrogens is 604 g/mol. The van der Waals surface area contributed by atoms with Crippen LogP contribution in [-0.2, 0) is 17.6 Å². The van der Waals surface area contributed by atoms with E-state index < -0.39 is 5.92 Å². The van der Waals surface area contributed by atoms with Crippen LogP contribution in [0.3, 0.4) is 0 Å². The van der Waals surface area contributed by atoms with Crippen molar-refractivity contribution in [2.24, 2.45) is 0 Å². The van der Waals surface area contributed by atoms with Gasteiger partial charge < -0.3 is 20.5 Å². The third kappa shape index (κ3) is 6.61. The molecular formula is C34H39BrN6O2. The van der Waals surface area contributed by atoms with Gasteiger partial charge in [0.05, 0.1) is 11.6 Å². The lowest BCUT2D eigenvalue weighted by Crippen LogP contribution is -2.42. The van der Waals surface area contributed by atoms with Gasteiger partial charge in [0.25, 0.3) is 0 Å². The van der Waals surface area contributed by atoms with E-state index in [2.05, 4.69) is 36.4 Å². The Morgan fingerprint density at radius 3 is 2.47 bits per heavy atom. The molecule has 1 atom stereocenters. The maximum Gasteiger partial charge on any atom is 0.228 e. The summed E-state index contributed by atoms with van der Waals surface area (Å²) >= 11 is 3.44. The van der Waals surface area contributed by atoms with Crippen molar-refractivity contribution in [3.05, 3.63) is 81.6 Å². The van der Waals surface area contributed by atoms with Crippen LogP contribution < -0.4 is 15.5 Å². The molecule has 2 heterocycles. The van der Waals surface area contributed by atoms with Gasteiger partial charge >= 0.3 is 0 Å². The summed E-state index contributed by atoms with van der Waals surface area (Å²) in [6, 6.07) is 15.6. The van der Waals surface area contributed by atoms with Crippen molar-refractivity contribution >= 4 is 50.3 Å². The highest BCUT2D eigenvalue weighted by Crippen LogP contribution is 2.32. The smallest absolute Gasteiger partial charge is 0.228 e. The van der Waals surface area contributed by atoms with Crippen LogP contribution >= 0.6 is 15.9 Å². The number of hydrogen-bond donors (Lipinski definition) is 3. The van der Waals surface area contributed by atoms with E-state index in [1.54, 1.807) is 12.1 Å². The summed E-state index contributed by atoms with van der Waals surface area (Å²) in [4.78, 5) is 42.3. The Morgan fingerprint density at radius 2 is 1.70 bits per heavy atom. The molecule has 9 heteroatoms. The first-order chi connectivity index (χ1) is 20.9. The lowest BCUT2D eigenvalue weighted by molar-refractivity contribution is -0.123. The second-order valence-corrected chi connectivity index (χ2v) is 13.0. The molecule has 0 saturated heterocycles. The van der Waals surface area contributed by atoms with Crippen molar-refractivity contribution in [2.75, 3.05) is 24.3 Å². The largest absolute Gasteiger partial charge is 0.362 e. The summed E-state index contributed by atoms with van der Waals surface area (Å²) in [6.45, 7) is 0. The van der Waals surface area contributed by atoms with E-state index in [0.717, 1.165) is 65.3 Å². The fraction of sp³-hybridized carbons (Fsp3) is 0.412. The Kier molecular flexibility index (Phi) is 8.79. The number of fused-ring (bicyclic) bond motifs is 2. The Hall–Kier alpha value is -3.72. The Labute approximate surface area is 261 Å². The normalized spacial score (nSPS) is 19.0. The summed E-state index contributed by atoms with van der Waals surface area (Å²) in [7, 11) is 4.09. The molecule has 1 amide bonds. The molecule has 0 spiro atoms. The summed E-state index contributed by atoms with van der Waals surface area (Å²) in [5.74, 6) is 1.00. The predicted octanol–water partition coefficient (Wildman–Crippen LogP) is 6.56. The van der Waals surface area contributed by atoms with E-state index in [-0.39, 0.29) is 30.2 Å². The number of anilines is 2. The van der Waals surface area contributed by atoms with Gasteiger partial charge in [-0.05, 0) is 75.1 Å². The standard InChI is InChI=1S/C34H39BrN6O2/c1-41(2)32-26-8-4-6-10-30(26)39-34(40-32)38-24-17-15-23(16-18-24)37-33(43)27(19-31(42)21-11-13-22(35)14-12-21)28-20-36-29-9-5-3-7-25(28)29/h3,5,7,9,11-14,20,23-24,27,36H,4,6,8,10,15-19H2,1-2H3,(H,37,43)(H,38,39,40)/t23-,24+,27?.